The van der Waals surface area contributed by atoms with Crippen molar-refractivity contribution in [3.05, 3.63) is 53.7 Å². The third-order valence-electron chi connectivity index (χ3n) is 4.03. The second-order valence-corrected chi connectivity index (χ2v) is 14.2. The Kier molecular flexibility index (Phi) is 8.64. The van der Waals surface area contributed by atoms with Gasteiger partial charge in [0.1, 0.15) is 6.73 Å². The molecule has 0 spiro atoms. The molecule has 3 nitrogen and oxygen atoms in total. The number of rotatable bonds is 6. The molecule has 3 aromatic rings. The molecule has 0 atom stereocenters. The van der Waals surface area contributed by atoms with Crippen LogP contribution in [0.3, 0.4) is 0 Å². The first kappa shape index (κ1) is 22.2. The van der Waals surface area contributed by atoms with Crippen LogP contribution in [0.25, 0.3) is 22.0 Å². The average Bonchev–Trinajstić information content (AvgIpc) is 3.00. The number of benzene rings is 2. The number of halogens is 3. The number of aromatic nitrogens is 2. The van der Waals surface area contributed by atoms with Crippen LogP contribution in [0.2, 0.25) is 30.7 Å². The first-order valence-electron chi connectivity index (χ1n) is 8.76. The van der Waals surface area contributed by atoms with Gasteiger partial charge in [0.2, 0.25) is 0 Å². The highest BCUT2D eigenvalue weighted by Crippen LogP contribution is 2.32. The van der Waals surface area contributed by atoms with E-state index in [0.717, 1.165) is 39.7 Å². The molecule has 0 aliphatic heterocycles. The largest absolute Gasteiger partial charge is 0.360 e. The fourth-order valence-electron chi connectivity index (χ4n) is 2.57. The number of hydrogen-bond acceptors (Lipinski definition) is 2. The summed E-state index contributed by atoms with van der Waals surface area (Å²) >= 11 is 16.0. The van der Waals surface area contributed by atoms with Gasteiger partial charge in [-0.05, 0) is 23.7 Å². The summed E-state index contributed by atoms with van der Waals surface area (Å²) in [5.74, 6) is 0. The molecule has 0 N–H and O–H groups in total. The molecule has 0 unspecified atom stereocenters. The van der Waals surface area contributed by atoms with Gasteiger partial charge in [-0.25, -0.2) is 4.68 Å². The van der Waals surface area contributed by atoms with Crippen molar-refractivity contribution in [2.75, 3.05) is 11.9 Å². The second kappa shape index (κ2) is 10.5. The molecular formula is C20H25Cl3N2OSi. The zero-order chi connectivity index (χ0) is 19.9. The Bertz CT molecular complexity index is 848. The van der Waals surface area contributed by atoms with Gasteiger partial charge in [-0.3, -0.25) is 0 Å². The SMILES string of the molecule is C[Si](C)(C)CCOCn1ncc2cc(-c3ccccc3)c(Cl)cc21.ClCCl. The maximum absolute atomic E-state index is 6.51. The van der Waals surface area contributed by atoms with Crippen molar-refractivity contribution in [3.63, 3.8) is 0 Å². The van der Waals surface area contributed by atoms with E-state index in [4.69, 9.17) is 39.5 Å². The maximum atomic E-state index is 6.51. The molecule has 0 bridgehead atoms. The minimum Gasteiger partial charge on any atom is -0.360 e. The lowest BCUT2D eigenvalue weighted by Gasteiger charge is -2.15. The molecule has 0 aliphatic rings. The van der Waals surface area contributed by atoms with Crippen molar-refractivity contribution >= 4 is 53.8 Å². The molecule has 0 amide bonds. The lowest BCUT2D eigenvalue weighted by atomic mass is 10.0. The zero-order valence-corrected chi connectivity index (χ0v) is 19.2. The van der Waals surface area contributed by atoms with Crippen LogP contribution in [0.1, 0.15) is 0 Å². The van der Waals surface area contributed by atoms with E-state index in [0.29, 0.717) is 6.73 Å². The molecule has 0 saturated heterocycles. The van der Waals surface area contributed by atoms with E-state index in [2.05, 4.69) is 42.9 Å². The summed E-state index contributed by atoms with van der Waals surface area (Å²) in [6.45, 7) is 8.31. The van der Waals surface area contributed by atoms with Gasteiger partial charge in [0, 0.05) is 25.6 Å². The van der Waals surface area contributed by atoms with E-state index in [1.54, 1.807) is 0 Å². The molecular weight excluding hydrogens is 419 g/mol. The van der Waals surface area contributed by atoms with Crippen LogP contribution >= 0.6 is 34.8 Å². The van der Waals surface area contributed by atoms with E-state index in [1.807, 2.05) is 35.1 Å². The summed E-state index contributed by atoms with van der Waals surface area (Å²) in [4.78, 5) is 0. The quantitative estimate of drug-likeness (QED) is 0.231. The normalized spacial score (nSPS) is 11.3. The Morgan fingerprint density at radius 1 is 1.07 bits per heavy atom. The maximum Gasteiger partial charge on any atom is 0.139 e. The van der Waals surface area contributed by atoms with Gasteiger partial charge in [0.05, 0.1) is 22.1 Å². The summed E-state index contributed by atoms with van der Waals surface area (Å²) in [5.41, 5.74) is 3.15. The number of ether oxygens (including phenoxy) is 1. The second-order valence-electron chi connectivity index (χ2n) is 7.35. The molecule has 0 radical (unpaired) electrons. The van der Waals surface area contributed by atoms with Crippen molar-refractivity contribution in [1.82, 2.24) is 9.78 Å². The first-order valence-corrected chi connectivity index (χ1v) is 13.9. The van der Waals surface area contributed by atoms with Crippen molar-refractivity contribution in [1.29, 1.82) is 0 Å². The van der Waals surface area contributed by atoms with Crippen LogP contribution in [0, 0.1) is 0 Å². The molecule has 3 rings (SSSR count). The van der Waals surface area contributed by atoms with Gasteiger partial charge >= 0.3 is 0 Å². The molecule has 1 aromatic heterocycles. The van der Waals surface area contributed by atoms with Gasteiger partial charge in [-0.2, -0.15) is 5.10 Å². The Hall–Kier alpha value is -1.04. The monoisotopic (exact) mass is 442 g/mol. The van der Waals surface area contributed by atoms with Crippen LogP contribution < -0.4 is 0 Å². The number of fused-ring (bicyclic) bond motifs is 1. The summed E-state index contributed by atoms with van der Waals surface area (Å²) in [6.07, 6.45) is 1.87. The van der Waals surface area contributed by atoms with Gasteiger partial charge in [0.15, 0.2) is 0 Å². The summed E-state index contributed by atoms with van der Waals surface area (Å²) in [7, 11) is -1.06. The highest BCUT2D eigenvalue weighted by molar-refractivity contribution is 6.76. The summed E-state index contributed by atoms with van der Waals surface area (Å²) in [6, 6.07) is 15.4. The number of hydrogen-bond donors (Lipinski definition) is 0. The average molecular weight is 444 g/mol. The Labute approximate surface area is 177 Å². The summed E-state index contributed by atoms with van der Waals surface area (Å²) < 4.78 is 7.68. The fourth-order valence-corrected chi connectivity index (χ4v) is 3.60. The standard InChI is InChI=1S/C19H23ClN2OSi.CH2Cl2/c1-24(2,3)10-9-23-14-22-19-12-18(20)17(11-16(19)13-21-22)15-7-5-4-6-8-15;2-1-3/h4-8,11-13H,9-10,14H2,1-3H3;1H2. The molecule has 146 valence electrons. The van der Waals surface area contributed by atoms with E-state index >= 15 is 0 Å². The molecule has 0 aliphatic carbocycles. The van der Waals surface area contributed by atoms with Crippen LogP contribution in [-0.4, -0.2) is 29.8 Å². The summed E-state index contributed by atoms with van der Waals surface area (Å²) in [5, 5.41) is 6.45. The molecule has 0 saturated carbocycles. The van der Waals surface area contributed by atoms with E-state index in [1.165, 1.54) is 0 Å². The lowest BCUT2D eigenvalue weighted by molar-refractivity contribution is 0.0817. The van der Waals surface area contributed by atoms with Gasteiger partial charge in [-0.1, -0.05) is 61.6 Å². The van der Waals surface area contributed by atoms with Gasteiger partial charge in [-0.15, -0.1) is 23.2 Å². The third-order valence-corrected chi connectivity index (χ3v) is 6.04. The topological polar surface area (TPSA) is 27.1 Å². The van der Waals surface area contributed by atoms with Crippen molar-refractivity contribution in [3.8, 4) is 11.1 Å². The molecule has 1 heterocycles. The first-order chi connectivity index (χ1) is 12.9. The fraction of sp³-hybridized carbons (Fsp3) is 0.350. The van der Waals surface area contributed by atoms with Crippen LogP contribution in [0.5, 0.6) is 0 Å². The molecule has 7 heteroatoms. The van der Waals surface area contributed by atoms with Crippen LogP contribution in [0.4, 0.5) is 0 Å². The minimum absolute atomic E-state index is 0.194. The highest BCUT2D eigenvalue weighted by Gasteiger charge is 2.13. The Morgan fingerprint density at radius 3 is 2.37 bits per heavy atom. The van der Waals surface area contributed by atoms with E-state index in [-0.39, 0.29) is 5.34 Å². The Balaban J connectivity index is 0.000000817. The highest BCUT2D eigenvalue weighted by atomic mass is 35.5. The van der Waals surface area contributed by atoms with Gasteiger partial charge in [0.25, 0.3) is 0 Å². The third kappa shape index (κ3) is 6.81. The van der Waals surface area contributed by atoms with Crippen molar-refractivity contribution in [2.45, 2.75) is 32.4 Å². The smallest absolute Gasteiger partial charge is 0.139 e. The molecule has 27 heavy (non-hydrogen) atoms. The van der Waals surface area contributed by atoms with Crippen molar-refractivity contribution in [2.24, 2.45) is 0 Å². The predicted octanol–water partition coefficient (Wildman–Crippen LogP) is 7.09. The Morgan fingerprint density at radius 2 is 1.74 bits per heavy atom. The lowest BCUT2D eigenvalue weighted by Crippen LogP contribution is -2.22. The van der Waals surface area contributed by atoms with Crippen molar-refractivity contribution < 1.29 is 4.74 Å². The van der Waals surface area contributed by atoms with Gasteiger partial charge < -0.3 is 4.74 Å². The minimum atomic E-state index is -1.06. The molecule has 0 fully saturated rings. The number of nitrogens with zero attached hydrogens (tertiary/aromatic N) is 2. The predicted molar refractivity (Wildman–Crippen MR) is 121 cm³/mol. The molecule has 2 aromatic carbocycles. The van der Waals surface area contributed by atoms with E-state index < -0.39 is 8.07 Å². The zero-order valence-electron chi connectivity index (χ0n) is 15.9. The van der Waals surface area contributed by atoms with E-state index in [9.17, 15) is 0 Å². The van der Waals surface area contributed by atoms with Crippen LogP contribution in [0.15, 0.2) is 48.7 Å². The number of alkyl halides is 2. The van der Waals surface area contributed by atoms with Crippen LogP contribution in [-0.2, 0) is 11.5 Å².